The van der Waals surface area contributed by atoms with E-state index in [1.54, 1.807) is 0 Å². The number of likely N-dealkylation sites (tertiary alicyclic amines) is 1. The van der Waals surface area contributed by atoms with Crippen LogP contribution in [0.25, 0.3) is 0 Å². The topological polar surface area (TPSA) is 41.6 Å². The van der Waals surface area contributed by atoms with Crippen molar-refractivity contribution in [3.05, 3.63) is 29.3 Å². The maximum Gasteiger partial charge on any atom is 0.320 e. The molecule has 4 nitrogen and oxygen atoms in total. The molecular formula is C19H30N2O2. The van der Waals surface area contributed by atoms with Gasteiger partial charge < -0.3 is 15.0 Å². The minimum atomic E-state index is -0.0263. The van der Waals surface area contributed by atoms with Gasteiger partial charge in [-0.05, 0) is 50.2 Å². The first-order valence-electron chi connectivity index (χ1n) is 8.57. The summed E-state index contributed by atoms with van der Waals surface area (Å²) < 4.78 is 5.86. The summed E-state index contributed by atoms with van der Waals surface area (Å²) in [7, 11) is 0. The summed E-state index contributed by atoms with van der Waals surface area (Å²) in [5, 5.41) is 2.89. The van der Waals surface area contributed by atoms with Crippen molar-refractivity contribution < 1.29 is 9.53 Å². The van der Waals surface area contributed by atoms with Crippen LogP contribution in [0.4, 0.5) is 4.79 Å². The molecule has 1 atom stereocenters. The van der Waals surface area contributed by atoms with Crippen molar-refractivity contribution in [3.8, 4) is 5.75 Å². The van der Waals surface area contributed by atoms with E-state index >= 15 is 0 Å². The molecule has 1 fully saturated rings. The van der Waals surface area contributed by atoms with Gasteiger partial charge in [0.1, 0.15) is 5.75 Å². The Kier molecular flexibility index (Phi) is 5.55. The molecule has 0 spiro atoms. The SMILES string of the molecule is Cc1ccc(OCNC(=O)N2CCCCC2C)c(C(C)(C)C)c1. The summed E-state index contributed by atoms with van der Waals surface area (Å²) >= 11 is 0. The van der Waals surface area contributed by atoms with Crippen molar-refractivity contribution in [2.45, 2.75) is 65.3 Å². The Morgan fingerprint density at radius 1 is 1.35 bits per heavy atom. The van der Waals surface area contributed by atoms with E-state index in [9.17, 15) is 4.79 Å². The van der Waals surface area contributed by atoms with Crippen LogP contribution >= 0.6 is 0 Å². The third-order valence-corrected chi connectivity index (χ3v) is 4.46. The van der Waals surface area contributed by atoms with Crippen LogP contribution in [0.1, 0.15) is 58.1 Å². The summed E-state index contributed by atoms with van der Waals surface area (Å²) in [5.74, 6) is 0.843. The van der Waals surface area contributed by atoms with E-state index in [4.69, 9.17) is 4.74 Å². The van der Waals surface area contributed by atoms with E-state index in [2.05, 4.69) is 46.0 Å². The van der Waals surface area contributed by atoms with Crippen LogP contribution in [-0.4, -0.2) is 30.2 Å². The number of amides is 2. The number of nitrogens with one attached hydrogen (secondary N) is 1. The van der Waals surface area contributed by atoms with Gasteiger partial charge >= 0.3 is 6.03 Å². The molecule has 23 heavy (non-hydrogen) atoms. The lowest BCUT2D eigenvalue weighted by molar-refractivity contribution is 0.149. The molecule has 0 aromatic heterocycles. The molecule has 0 aliphatic carbocycles. The van der Waals surface area contributed by atoms with E-state index < -0.39 is 0 Å². The minimum Gasteiger partial charge on any atom is -0.473 e. The Balaban J connectivity index is 1.95. The number of ether oxygens (including phenoxy) is 1. The van der Waals surface area contributed by atoms with E-state index in [0.29, 0.717) is 6.04 Å². The highest BCUT2D eigenvalue weighted by Gasteiger charge is 2.23. The van der Waals surface area contributed by atoms with Crippen LogP contribution in [0.5, 0.6) is 5.75 Å². The lowest BCUT2D eigenvalue weighted by Crippen LogP contribution is -2.48. The van der Waals surface area contributed by atoms with Crippen molar-refractivity contribution in [2.24, 2.45) is 0 Å². The second-order valence-electron chi connectivity index (χ2n) is 7.56. The summed E-state index contributed by atoms with van der Waals surface area (Å²) in [5.41, 5.74) is 2.39. The number of hydrogen-bond donors (Lipinski definition) is 1. The zero-order valence-electron chi connectivity index (χ0n) is 15.1. The van der Waals surface area contributed by atoms with Gasteiger partial charge in [-0.25, -0.2) is 4.79 Å². The molecule has 1 aliphatic heterocycles. The zero-order chi connectivity index (χ0) is 17.0. The van der Waals surface area contributed by atoms with Gasteiger partial charge in [-0.3, -0.25) is 0 Å². The predicted octanol–water partition coefficient (Wildman–Crippen LogP) is 4.21. The number of carbonyl (C=O) groups excluding carboxylic acids is 1. The molecule has 1 saturated heterocycles. The highest BCUT2D eigenvalue weighted by molar-refractivity contribution is 5.74. The van der Waals surface area contributed by atoms with Crippen molar-refractivity contribution in [2.75, 3.05) is 13.3 Å². The second-order valence-corrected chi connectivity index (χ2v) is 7.56. The van der Waals surface area contributed by atoms with Crippen LogP contribution < -0.4 is 10.1 Å². The van der Waals surface area contributed by atoms with E-state index in [0.717, 1.165) is 30.7 Å². The number of nitrogens with zero attached hydrogens (tertiary/aromatic N) is 1. The molecule has 1 N–H and O–H groups in total. The molecular weight excluding hydrogens is 288 g/mol. The van der Waals surface area contributed by atoms with Crippen molar-refractivity contribution in [1.29, 1.82) is 0 Å². The summed E-state index contributed by atoms with van der Waals surface area (Å²) in [6, 6.07) is 6.48. The first-order chi connectivity index (χ1) is 10.8. The molecule has 1 aromatic carbocycles. The van der Waals surface area contributed by atoms with Gasteiger partial charge in [-0.15, -0.1) is 0 Å². The Morgan fingerprint density at radius 3 is 2.74 bits per heavy atom. The molecule has 2 amide bonds. The third kappa shape index (κ3) is 4.63. The molecule has 0 saturated carbocycles. The Bertz CT molecular complexity index is 549. The minimum absolute atomic E-state index is 0.00669. The van der Waals surface area contributed by atoms with Gasteiger partial charge in [-0.2, -0.15) is 0 Å². The Hall–Kier alpha value is -1.71. The highest BCUT2D eigenvalue weighted by atomic mass is 16.5. The number of piperidine rings is 1. The van der Waals surface area contributed by atoms with Crippen LogP contribution in [0.15, 0.2) is 18.2 Å². The van der Waals surface area contributed by atoms with Crippen LogP contribution in [0.3, 0.4) is 0 Å². The largest absolute Gasteiger partial charge is 0.473 e. The number of aryl methyl sites for hydroxylation is 1. The van der Waals surface area contributed by atoms with Crippen molar-refractivity contribution >= 4 is 6.03 Å². The molecule has 1 aliphatic rings. The van der Waals surface area contributed by atoms with Gasteiger partial charge in [-0.1, -0.05) is 38.5 Å². The molecule has 1 aromatic rings. The molecule has 1 unspecified atom stereocenters. The molecule has 128 valence electrons. The number of benzene rings is 1. The van der Waals surface area contributed by atoms with Gasteiger partial charge in [0.2, 0.25) is 0 Å². The maximum atomic E-state index is 12.3. The summed E-state index contributed by atoms with van der Waals surface area (Å²) in [6.07, 6.45) is 3.38. The van der Waals surface area contributed by atoms with Gasteiger partial charge in [0.05, 0.1) is 0 Å². The van der Waals surface area contributed by atoms with E-state index in [1.807, 2.05) is 17.0 Å². The molecule has 0 bridgehead atoms. The fourth-order valence-corrected chi connectivity index (χ4v) is 3.03. The normalized spacial score (nSPS) is 18.7. The molecule has 1 heterocycles. The van der Waals surface area contributed by atoms with Crippen LogP contribution in [0, 0.1) is 6.92 Å². The second kappa shape index (κ2) is 7.24. The molecule has 4 heteroatoms. The quantitative estimate of drug-likeness (QED) is 0.848. The average Bonchev–Trinajstić information content (AvgIpc) is 2.48. The average molecular weight is 318 g/mol. The molecule has 2 rings (SSSR count). The number of hydrogen-bond acceptors (Lipinski definition) is 2. The zero-order valence-corrected chi connectivity index (χ0v) is 15.1. The molecule has 0 radical (unpaired) electrons. The predicted molar refractivity (Wildman–Crippen MR) is 93.9 cm³/mol. The fraction of sp³-hybridized carbons (Fsp3) is 0.632. The fourth-order valence-electron chi connectivity index (χ4n) is 3.03. The number of urea groups is 1. The van der Waals surface area contributed by atoms with Gasteiger partial charge in [0, 0.05) is 12.6 Å². The summed E-state index contributed by atoms with van der Waals surface area (Å²) in [6.45, 7) is 11.7. The highest BCUT2D eigenvalue weighted by Crippen LogP contribution is 2.32. The lowest BCUT2D eigenvalue weighted by Gasteiger charge is -2.33. The Labute approximate surface area is 140 Å². The van der Waals surface area contributed by atoms with E-state index in [-0.39, 0.29) is 18.2 Å². The van der Waals surface area contributed by atoms with Crippen molar-refractivity contribution in [3.63, 3.8) is 0 Å². The first-order valence-corrected chi connectivity index (χ1v) is 8.57. The van der Waals surface area contributed by atoms with E-state index in [1.165, 1.54) is 12.0 Å². The first kappa shape index (κ1) is 17.6. The van der Waals surface area contributed by atoms with Crippen molar-refractivity contribution in [1.82, 2.24) is 10.2 Å². The summed E-state index contributed by atoms with van der Waals surface area (Å²) in [4.78, 5) is 14.2. The number of carbonyl (C=O) groups is 1. The number of rotatable bonds is 3. The standard InChI is InChI=1S/C19H30N2O2/c1-14-9-10-17(16(12-14)19(3,4)5)23-13-20-18(22)21-11-7-6-8-15(21)2/h9-10,12,15H,6-8,11,13H2,1-5H3,(H,20,22). The lowest BCUT2D eigenvalue weighted by atomic mass is 9.85. The van der Waals surface area contributed by atoms with Gasteiger partial charge in [0.25, 0.3) is 0 Å². The van der Waals surface area contributed by atoms with Crippen LogP contribution in [-0.2, 0) is 5.41 Å². The van der Waals surface area contributed by atoms with Gasteiger partial charge in [0.15, 0.2) is 6.73 Å². The third-order valence-electron chi connectivity index (χ3n) is 4.46. The van der Waals surface area contributed by atoms with Crippen LogP contribution in [0.2, 0.25) is 0 Å². The monoisotopic (exact) mass is 318 g/mol. The smallest absolute Gasteiger partial charge is 0.320 e. The maximum absolute atomic E-state index is 12.3. The Morgan fingerprint density at radius 2 is 2.09 bits per heavy atom.